The number of halogens is 3. The monoisotopic (exact) mass is 400 g/mol. The standard InChI is InChI=1S/C14H11Br2FN2O/c1-7-5-9(16)13(11(18)6-7)19-14(20)12-8(15)3-2-4-10(12)17/h2-6H,18H2,1H3,(H,19,20). The van der Waals surface area contributed by atoms with Crippen LogP contribution in [-0.4, -0.2) is 5.91 Å². The quantitative estimate of drug-likeness (QED) is 0.728. The molecule has 0 saturated carbocycles. The number of hydrogen-bond acceptors (Lipinski definition) is 2. The predicted molar refractivity (Wildman–Crippen MR) is 85.3 cm³/mol. The molecule has 0 radical (unpaired) electrons. The molecule has 0 fully saturated rings. The molecular formula is C14H11Br2FN2O. The van der Waals surface area contributed by atoms with E-state index in [1.807, 2.05) is 13.0 Å². The number of nitrogen functional groups attached to an aromatic ring is 1. The van der Waals surface area contributed by atoms with Crippen molar-refractivity contribution in [1.82, 2.24) is 0 Å². The van der Waals surface area contributed by atoms with E-state index in [-0.39, 0.29) is 5.56 Å². The second-order valence-electron chi connectivity index (χ2n) is 4.26. The third-order valence-corrected chi connectivity index (χ3v) is 3.98. The summed E-state index contributed by atoms with van der Waals surface area (Å²) >= 11 is 6.50. The van der Waals surface area contributed by atoms with Gasteiger partial charge in [0, 0.05) is 8.95 Å². The minimum Gasteiger partial charge on any atom is -0.397 e. The molecule has 1 amide bonds. The van der Waals surface area contributed by atoms with Gasteiger partial charge < -0.3 is 11.1 Å². The van der Waals surface area contributed by atoms with Gasteiger partial charge in [0.1, 0.15) is 5.82 Å². The molecule has 104 valence electrons. The van der Waals surface area contributed by atoms with E-state index in [9.17, 15) is 9.18 Å². The Labute approximate surface area is 132 Å². The van der Waals surface area contributed by atoms with Crippen molar-refractivity contribution in [3.05, 3.63) is 56.2 Å². The lowest BCUT2D eigenvalue weighted by molar-refractivity contribution is 0.102. The van der Waals surface area contributed by atoms with Crippen LogP contribution < -0.4 is 11.1 Å². The lowest BCUT2D eigenvalue weighted by atomic mass is 10.1. The number of nitrogens with one attached hydrogen (secondary N) is 1. The van der Waals surface area contributed by atoms with E-state index in [4.69, 9.17) is 5.73 Å². The van der Waals surface area contributed by atoms with E-state index >= 15 is 0 Å². The van der Waals surface area contributed by atoms with Crippen molar-refractivity contribution >= 4 is 49.1 Å². The van der Waals surface area contributed by atoms with Crippen LogP contribution in [-0.2, 0) is 0 Å². The summed E-state index contributed by atoms with van der Waals surface area (Å²) < 4.78 is 14.8. The fraction of sp³-hybridized carbons (Fsp3) is 0.0714. The molecule has 2 aromatic carbocycles. The highest BCUT2D eigenvalue weighted by Crippen LogP contribution is 2.31. The van der Waals surface area contributed by atoms with Gasteiger partial charge in [0.25, 0.3) is 5.91 Å². The molecule has 3 N–H and O–H groups in total. The zero-order valence-electron chi connectivity index (χ0n) is 10.5. The van der Waals surface area contributed by atoms with Crippen LogP contribution in [0.25, 0.3) is 0 Å². The van der Waals surface area contributed by atoms with Gasteiger partial charge in [-0.1, -0.05) is 6.07 Å². The van der Waals surface area contributed by atoms with Crippen LogP contribution in [0.2, 0.25) is 0 Å². The smallest absolute Gasteiger partial charge is 0.259 e. The van der Waals surface area contributed by atoms with Crippen LogP contribution in [0.3, 0.4) is 0 Å². The molecule has 0 aliphatic heterocycles. The number of benzene rings is 2. The first kappa shape index (κ1) is 15.0. The van der Waals surface area contributed by atoms with Gasteiger partial charge in [-0.25, -0.2) is 4.39 Å². The van der Waals surface area contributed by atoms with Gasteiger partial charge in [-0.05, 0) is 68.6 Å². The van der Waals surface area contributed by atoms with Crippen LogP contribution in [0, 0.1) is 12.7 Å². The predicted octanol–water partition coefficient (Wildman–Crippen LogP) is 4.49. The maximum atomic E-state index is 13.7. The number of hydrogen-bond donors (Lipinski definition) is 2. The summed E-state index contributed by atoms with van der Waals surface area (Å²) in [7, 11) is 0. The van der Waals surface area contributed by atoms with Crippen molar-refractivity contribution in [3.63, 3.8) is 0 Å². The number of amides is 1. The molecule has 6 heteroatoms. The normalized spacial score (nSPS) is 10.4. The molecule has 0 unspecified atom stereocenters. The Balaban J connectivity index is 2.38. The van der Waals surface area contributed by atoms with E-state index in [0.717, 1.165) is 5.56 Å². The molecule has 2 aromatic rings. The topological polar surface area (TPSA) is 55.1 Å². The second-order valence-corrected chi connectivity index (χ2v) is 5.97. The van der Waals surface area contributed by atoms with Crippen LogP contribution >= 0.6 is 31.9 Å². The molecule has 0 heterocycles. The Bertz CT molecular complexity index is 646. The van der Waals surface area contributed by atoms with Crippen molar-refractivity contribution in [2.75, 3.05) is 11.1 Å². The van der Waals surface area contributed by atoms with E-state index in [1.165, 1.54) is 12.1 Å². The molecule has 0 aliphatic carbocycles. The highest BCUT2D eigenvalue weighted by atomic mass is 79.9. The molecule has 2 rings (SSSR count). The summed E-state index contributed by atoms with van der Waals surface area (Å²) in [5, 5.41) is 2.62. The van der Waals surface area contributed by atoms with Crippen molar-refractivity contribution in [2.24, 2.45) is 0 Å². The lowest BCUT2D eigenvalue weighted by Crippen LogP contribution is -2.16. The average Bonchev–Trinajstić information content (AvgIpc) is 2.33. The molecule has 0 atom stereocenters. The number of anilines is 2. The molecule has 20 heavy (non-hydrogen) atoms. The van der Waals surface area contributed by atoms with Crippen molar-refractivity contribution in [2.45, 2.75) is 6.92 Å². The van der Waals surface area contributed by atoms with E-state index in [1.54, 1.807) is 12.1 Å². The fourth-order valence-electron chi connectivity index (χ4n) is 1.79. The van der Waals surface area contributed by atoms with E-state index in [0.29, 0.717) is 20.3 Å². The summed E-state index contributed by atoms with van der Waals surface area (Å²) in [4.78, 5) is 12.2. The first-order chi connectivity index (χ1) is 9.40. The molecule has 0 aromatic heterocycles. The summed E-state index contributed by atoms with van der Waals surface area (Å²) in [5.41, 5.74) is 7.62. The third-order valence-electron chi connectivity index (χ3n) is 2.69. The van der Waals surface area contributed by atoms with Gasteiger partial charge in [0.15, 0.2) is 0 Å². The summed E-state index contributed by atoms with van der Waals surface area (Å²) in [6.07, 6.45) is 0. The van der Waals surface area contributed by atoms with Crippen LogP contribution in [0.1, 0.15) is 15.9 Å². The van der Waals surface area contributed by atoms with E-state index < -0.39 is 11.7 Å². The van der Waals surface area contributed by atoms with Gasteiger partial charge in [0.05, 0.1) is 16.9 Å². The molecule has 0 bridgehead atoms. The maximum absolute atomic E-state index is 13.7. The Morgan fingerprint density at radius 3 is 2.55 bits per heavy atom. The van der Waals surface area contributed by atoms with Crippen molar-refractivity contribution < 1.29 is 9.18 Å². The van der Waals surface area contributed by atoms with Gasteiger partial charge in [-0.3, -0.25) is 4.79 Å². The minimum absolute atomic E-state index is 0.0561. The van der Waals surface area contributed by atoms with Crippen LogP contribution in [0.4, 0.5) is 15.8 Å². The van der Waals surface area contributed by atoms with Crippen LogP contribution in [0.5, 0.6) is 0 Å². The van der Waals surface area contributed by atoms with Crippen molar-refractivity contribution in [3.8, 4) is 0 Å². The molecular weight excluding hydrogens is 391 g/mol. The number of carbonyl (C=O) groups is 1. The Morgan fingerprint density at radius 1 is 1.25 bits per heavy atom. The summed E-state index contributed by atoms with van der Waals surface area (Å²) in [6, 6.07) is 7.91. The maximum Gasteiger partial charge on any atom is 0.259 e. The largest absolute Gasteiger partial charge is 0.397 e. The van der Waals surface area contributed by atoms with Gasteiger partial charge in [-0.2, -0.15) is 0 Å². The van der Waals surface area contributed by atoms with Crippen molar-refractivity contribution in [1.29, 1.82) is 0 Å². The number of rotatable bonds is 2. The first-order valence-electron chi connectivity index (χ1n) is 5.71. The third kappa shape index (κ3) is 3.02. The Hall–Kier alpha value is -1.40. The average molecular weight is 402 g/mol. The van der Waals surface area contributed by atoms with Gasteiger partial charge in [-0.15, -0.1) is 0 Å². The highest BCUT2D eigenvalue weighted by molar-refractivity contribution is 9.11. The number of carbonyl (C=O) groups excluding carboxylic acids is 1. The molecule has 0 saturated heterocycles. The van der Waals surface area contributed by atoms with Gasteiger partial charge >= 0.3 is 0 Å². The zero-order valence-corrected chi connectivity index (χ0v) is 13.7. The molecule has 0 spiro atoms. The summed E-state index contributed by atoms with van der Waals surface area (Å²) in [5.74, 6) is -1.16. The fourth-order valence-corrected chi connectivity index (χ4v) is 3.00. The first-order valence-corrected chi connectivity index (χ1v) is 7.29. The Kier molecular flexibility index (Phi) is 4.45. The Morgan fingerprint density at radius 2 is 1.95 bits per heavy atom. The molecule has 3 nitrogen and oxygen atoms in total. The van der Waals surface area contributed by atoms with Gasteiger partial charge in [0.2, 0.25) is 0 Å². The summed E-state index contributed by atoms with van der Waals surface area (Å²) in [6.45, 7) is 1.89. The lowest BCUT2D eigenvalue weighted by Gasteiger charge is -2.12. The highest BCUT2D eigenvalue weighted by Gasteiger charge is 2.17. The molecule has 0 aliphatic rings. The number of aryl methyl sites for hydroxylation is 1. The number of nitrogens with two attached hydrogens (primary N) is 1. The second kappa shape index (κ2) is 5.93. The van der Waals surface area contributed by atoms with Crippen LogP contribution in [0.15, 0.2) is 39.3 Å². The van der Waals surface area contributed by atoms with E-state index in [2.05, 4.69) is 37.2 Å². The minimum atomic E-state index is -0.598. The SMILES string of the molecule is Cc1cc(N)c(NC(=O)c2c(F)cccc2Br)c(Br)c1. The zero-order chi connectivity index (χ0) is 14.9.